The Balaban J connectivity index is 0.00000243. The first-order chi connectivity index (χ1) is 11.9. The quantitative estimate of drug-likeness (QED) is 0.834. The molecule has 0 radical (unpaired) electrons. The monoisotopic (exact) mass is 401 g/mol. The normalized spacial score (nSPS) is 19.8. The van der Waals surface area contributed by atoms with Gasteiger partial charge in [-0.05, 0) is 63.0 Å². The number of hydrogen-bond acceptors (Lipinski definition) is 4. The number of piperazine rings is 1. The molecule has 0 unspecified atom stereocenters. The van der Waals surface area contributed by atoms with Gasteiger partial charge in [0.2, 0.25) is 15.9 Å². The van der Waals surface area contributed by atoms with Gasteiger partial charge in [0.25, 0.3) is 0 Å². The molecule has 2 aliphatic heterocycles. The zero-order chi connectivity index (χ0) is 18.0. The van der Waals surface area contributed by atoms with Gasteiger partial charge < -0.3 is 10.2 Å². The molecule has 0 saturated carbocycles. The SMILES string of the molecule is Cc1ccc(S(=O)(=O)N2CCN(C(=O)C3CCNCC3)CC2)cc1C.Cl. The van der Waals surface area contributed by atoms with Crippen LogP contribution < -0.4 is 5.32 Å². The Labute approximate surface area is 162 Å². The number of benzene rings is 1. The fraction of sp³-hybridized carbons (Fsp3) is 0.611. The average molecular weight is 402 g/mol. The van der Waals surface area contributed by atoms with Crippen LogP contribution in [-0.2, 0) is 14.8 Å². The molecule has 1 aromatic carbocycles. The first-order valence-corrected chi connectivity index (χ1v) is 10.4. The summed E-state index contributed by atoms with van der Waals surface area (Å²) >= 11 is 0. The zero-order valence-electron chi connectivity index (χ0n) is 15.4. The largest absolute Gasteiger partial charge is 0.340 e. The third-order valence-electron chi connectivity index (χ3n) is 5.35. The number of carbonyl (C=O) groups is 1. The van der Waals surface area contributed by atoms with Gasteiger partial charge in [-0.2, -0.15) is 4.31 Å². The summed E-state index contributed by atoms with van der Waals surface area (Å²) in [6, 6.07) is 5.25. The van der Waals surface area contributed by atoms with Gasteiger partial charge in [0.1, 0.15) is 0 Å². The lowest BCUT2D eigenvalue weighted by Crippen LogP contribution is -2.52. The summed E-state index contributed by atoms with van der Waals surface area (Å²) in [6.07, 6.45) is 1.75. The molecule has 1 aromatic rings. The summed E-state index contributed by atoms with van der Waals surface area (Å²) < 4.78 is 27.2. The molecule has 0 aliphatic carbocycles. The van der Waals surface area contributed by atoms with E-state index in [-0.39, 0.29) is 24.2 Å². The molecule has 146 valence electrons. The minimum absolute atomic E-state index is 0. The van der Waals surface area contributed by atoms with Crippen LogP contribution in [-0.4, -0.2) is 62.8 Å². The molecule has 6 nitrogen and oxygen atoms in total. The van der Waals surface area contributed by atoms with Crippen molar-refractivity contribution in [2.24, 2.45) is 5.92 Å². The number of aryl methyl sites for hydroxylation is 2. The highest BCUT2D eigenvalue weighted by molar-refractivity contribution is 7.89. The Kier molecular flexibility index (Phi) is 7.07. The van der Waals surface area contributed by atoms with Gasteiger partial charge in [-0.15, -0.1) is 12.4 Å². The van der Waals surface area contributed by atoms with Crippen molar-refractivity contribution in [1.29, 1.82) is 0 Å². The molecule has 2 fully saturated rings. The van der Waals surface area contributed by atoms with Crippen molar-refractivity contribution in [2.45, 2.75) is 31.6 Å². The van der Waals surface area contributed by atoms with E-state index in [0.29, 0.717) is 31.1 Å². The van der Waals surface area contributed by atoms with Crippen LogP contribution >= 0.6 is 12.4 Å². The molecule has 1 N–H and O–H groups in total. The van der Waals surface area contributed by atoms with Crippen molar-refractivity contribution < 1.29 is 13.2 Å². The number of piperidine rings is 1. The Morgan fingerprint density at radius 2 is 1.65 bits per heavy atom. The molecule has 3 rings (SSSR count). The van der Waals surface area contributed by atoms with Crippen LogP contribution in [0.1, 0.15) is 24.0 Å². The number of nitrogens with zero attached hydrogens (tertiary/aromatic N) is 2. The Hall–Kier alpha value is -1.15. The molecule has 1 amide bonds. The molecule has 0 spiro atoms. The lowest BCUT2D eigenvalue weighted by Gasteiger charge is -2.36. The van der Waals surface area contributed by atoms with Crippen LogP contribution in [0.25, 0.3) is 0 Å². The number of carbonyl (C=O) groups excluding carboxylic acids is 1. The molecular weight excluding hydrogens is 374 g/mol. The summed E-state index contributed by atoms with van der Waals surface area (Å²) in [5.41, 5.74) is 2.05. The Bertz CT molecular complexity index is 740. The maximum Gasteiger partial charge on any atom is 0.243 e. The third-order valence-corrected chi connectivity index (χ3v) is 7.25. The van der Waals surface area contributed by atoms with Gasteiger partial charge in [-0.3, -0.25) is 4.79 Å². The molecule has 0 bridgehead atoms. The molecule has 2 heterocycles. The van der Waals surface area contributed by atoms with Gasteiger partial charge in [0, 0.05) is 32.1 Å². The van der Waals surface area contributed by atoms with Crippen molar-refractivity contribution in [3.63, 3.8) is 0 Å². The number of rotatable bonds is 3. The smallest absolute Gasteiger partial charge is 0.243 e. The van der Waals surface area contributed by atoms with E-state index in [1.54, 1.807) is 12.1 Å². The fourth-order valence-corrected chi connectivity index (χ4v) is 5.01. The molecule has 0 atom stereocenters. The fourth-order valence-electron chi connectivity index (χ4n) is 3.50. The van der Waals surface area contributed by atoms with Gasteiger partial charge in [0.05, 0.1) is 4.90 Å². The second-order valence-electron chi connectivity index (χ2n) is 7.00. The number of amides is 1. The van der Waals surface area contributed by atoms with E-state index < -0.39 is 10.0 Å². The second-order valence-corrected chi connectivity index (χ2v) is 8.94. The number of hydrogen-bond donors (Lipinski definition) is 1. The highest BCUT2D eigenvalue weighted by Gasteiger charge is 2.32. The van der Waals surface area contributed by atoms with Gasteiger partial charge >= 0.3 is 0 Å². The van der Waals surface area contributed by atoms with Crippen LogP contribution in [0.4, 0.5) is 0 Å². The van der Waals surface area contributed by atoms with E-state index >= 15 is 0 Å². The Morgan fingerprint density at radius 1 is 1.04 bits per heavy atom. The van der Waals surface area contributed by atoms with E-state index in [1.807, 2.05) is 24.8 Å². The number of halogens is 1. The molecule has 26 heavy (non-hydrogen) atoms. The minimum atomic E-state index is -3.49. The number of nitrogens with one attached hydrogen (secondary N) is 1. The van der Waals surface area contributed by atoms with Crippen molar-refractivity contribution in [3.8, 4) is 0 Å². The molecule has 8 heteroatoms. The predicted molar refractivity (Wildman–Crippen MR) is 104 cm³/mol. The van der Waals surface area contributed by atoms with Crippen molar-refractivity contribution in [2.75, 3.05) is 39.3 Å². The topological polar surface area (TPSA) is 69.7 Å². The van der Waals surface area contributed by atoms with Crippen LogP contribution in [0.5, 0.6) is 0 Å². The van der Waals surface area contributed by atoms with E-state index in [0.717, 1.165) is 37.1 Å². The zero-order valence-corrected chi connectivity index (χ0v) is 17.0. The summed E-state index contributed by atoms with van der Waals surface area (Å²) in [5.74, 6) is 0.272. The first kappa shape index (κ1) is 21.2. The standard InChI is InChI=1S/C18H27N3O3S.ClH/c1-14-3-4-17(13-15(14)2)25(23,24)21-11-9-20(10-12-21)18(22)16-5-7-19-8-6-16;/h3-4,13,16,19H,5-12H2,1-2H3;1H. The lowest BCUT2D eigenvalue weighted by molar-refractivity contribution is -0.137. The predicted octanol–water partition coefficient (Wildman–Crippen LogP) is 1.56. The maximum atomic E-state index is 12.8. The minimum Gasteiger partial charge on any atom is -0.340 e. The second kappa shape index (κ2) is 8.69. The van der Waals surface area contributed by atoms with E-state index in [1.165, 1.54) is 4.31 Å². The van der Waals surface area contributed by atoms with Crippen LogP contribution in [0, 0.1) is 19.8 Å². The van der Waals surface area contributed by atoms with Gasteiger partial charge in [-0.25, -0.2) is 8.42 Å². The third kappa shape index (κ3) is 4.39. The summed E-state index contributed by atoms with van der Waals surface area (Å²) in [4.78, 5) is 14.8. The molecular formula is C18H28ClN3O3S. The van der Waals surface area contributed by atoms with Crippen molar-refractivity contribution >= 4 is 28.3 Å². The van der Waals surface area contributed by atoms with E-state index in [4.69, 9.17) is 0 Å². The first-order valence-electron chi connectivity index (χ1n) is 8.96. The van der Waals surface area contributed by atoms with Gasteiger partial charge in [-0.1, -0.05) is 6.07 Å². The molecule has 0 aromatic heterocycles. The maximum absolute atomic E-state index is 12.8. The van der Waals surface area contributed by atoms with E-state index in [9.17, 15) is 13.2 Å². The van der Waals surface area contributed by atoms with Crippen LogP contribution in [0.15, 0.2) is 23.1 Å². The highest BCUT2D eigenvalue weighted by atomic mass is 35.5. The highest BCUT2D eigenvalue weighted by Crippen LogP contribution is 2.22. The molecule has 2 aliphatic rings. The van der Waals surface area contributed by atoms with Gasteiger partial charge in [0.15, 0.2) is 0 Å². The Morgan fingerprint density at radius 3 is 2.23 bits per heavy atom. The summed E-state index contributed by atoms with van der Waals surface area (Å²) in [5, 5.41) is 3.27. The van der Waals surface area contributed by atoms with Crippen LogP contribution in [0.2, 0.25) is 0 Å². The van der Waals surface area contributed by atoms with Crippen molar-refractivity contribution in [1.82, 2.24) is 14.5 Å². The summed E-state index contributed by atoms with van der Waals surface area (Å²) in [7, 11) is -3.49. The lowest BCUT2D eigenvalue weighted by atomic mass is 9.96. The average Bonchev–Trinajstić information content (AvgIpc) is 2.64. The van der Waals surface area contributed by atoms with Crippen molar-refractivity contribution in [3.05, 3.63) is 29.3 Å². The van der Waals surface area contributed by atoms with E-state index in [2.05, 4.69) is 5.32 Å². The number of sulfonamides is 1. The van der Waals surface area contributed by atoms with Crippen LogP contribution in [0.3, 0.4) is 0 Å². The summed E-state index contributed by atoms with van der Waals surface area (Å²) in [6.45, 7) is 7.35. The molecule has 2 saturated heterocycles.